The maximum atomic E-state index is 13.1. The molecule has 2 aromatic carbocycles. The molecular weight excluding hydrogens is 315 g/mol. The molecular formula is C19H24F3NO. The molecule has 0 aliphatic rings. The van der Waals surface area contributed by atoms with Gasteiger partial charge in [-0.25, -0.2) is 0 Å². The minimum atomic E-state index is -4.48. The van der Waals surface area contributed by atoms with E-state index < -0.39 is 12.2 Å². The molecule has 0 saturated heterocycles. The average Bonchev–Trinajstić information content (AvgIpc) is 2.56. The fourth-order valence-corrected chi connectivity index (χ4v) is 2.78. The molecule has 0 fully saturated rings. The van der Waals surface area contributed by atoms with E-state index in [1.807, 2.05) is 0 Å². The smallest absolute Gasteiger partial charge is 0.407 e. The van der Waals surface area contributed by atoms with Crippen LogP contribution in [0.3, 0.4) is 0 Å². The molecule has 0 saturated carbocycles. The highest BCUT2D eigenvalue weighted by atomic mass is 19.4. The predicted octanol–water partition coefficient (Wildman–Crippen LogP) is 5.75. The quantitative estimate of drug-likeness (QED) is 0.621. The maximum absolute atomic E-state index is 13.1. The van der Waals surface area contributed by atoms with E-state index in [0.29, 0.717) is 23.1 Å². The predicted molar refractivity (Wildman–Crippen MR) is 91.2 cm³/mol. The van der Waals surface area contributed by atoms with Gasteiger partial charge in [-0.15, -0.1) is 0 Å². The Hall–Kier alpha value is -1.75. The third kappa shape index (κ3) is 4.63. The summed E-state index contributed by atoms with van der Waals surface area (Å²) in [5.74, 6) is 0.471. The van der Waals surface area contributed by atoms with Crippen molar-refractivity contribution in [2.24, 2.45) is 5.73 Å². The van der Waals surface area contributed by atoms with Gasteiger partial charge < -0.3 is 10.5 Å². The molecule has 0 heterocycles. The lowest BCUT2D eigenvalue weighted by molar-refractivity contribution is -0.148. The summed E-state index contributed by atoms with van der Waals surface area (Å²) in [6, 6.07) is 8.05. The summed E-state index contributed by atoms with van der Waals surface area (Å²) in [6.07, 6.45) is 0.986. The summed E-state index contributed by atoms with van der Waals surface area (Å²) in [7, 11) is 0. The Labute approximate surface area is 140 Å². The van der Waals surface area contributed by atoms with Gasteiger partial charge in [0, 0.05) is 5.39 Å². The molecule has 0 spiro atoms. The van der Waals surface area contributed by atoms with Crippen molar-refractivity contribution in [3.05, 3.63) is 42.0 Å². The SMILES string of the molecule is CCCCCCCOc1cccc2cccc([C@H](N)C(F)(F)F)c12. The van der Waals surface area contributed by atoms with Crippen molar-refractivity contribution in [1.29, 1.82) is 0 Å². The highest BCUT2D eigenvalue weighted by molar-refractivity contribution is 5.91. The van der Waals surface area contributed by atoms with Gasteiger partial charge in [0.1, 0.15) is 11.8 Å². The Kier molecular flexibility index (Phi) is 6.49. The third-order valence-electron chi connectivity index (χ3n) is 4.09. The van der Waals surface area contributed by atoms with E-state index in [9.17, 15) is 13.2 Å². The van der Waals surface area contributed by atoms with Gasteiger partial charge in [0.2, 0.25) is 0 Å². The first-order chi connectivity index (χ1) is 11.4. The summed E-state index contributed by atoms with van der Waals surface area (Å²) in [6.45, 7) is 2.65. The largest absolute Gasteiger partial charge is 0.493 e. The molecule has 0 aromatic heterocycles. The summed E-state index contributed by atoms with van der Waals surface area (Å²) in [5.41, 5.74) is 5.49. The van der Waals surface area contributed by atoms with Crippen molar-refractivity contribution in [2.45, 2.75) is 51.2 Å². The molecule has 0 aliphatic heterocycles. The number of nitrogens with two attached hydrogens (primary N) is 1. The number of benzene rings is 2. The minimum Gasteiger partial charge on any atom is -0.493 e. The Balaban J connectivity index is 2.21. The maximum Gasteiger partial charge on any atom is 0.407 e. The molecule has 0 radical (unpaired) electrons. The first-order valence-electron chi connectivity index (χ1n) is 8.42. The van der Waals surface area contributed by atoms with Crippen LogP contribution in [0, 0.1) is 0 Å². The molecule has 24 heavy (non-hydrogen) atoms. The monoisotopic (exact) mass is 339 g/mol. The number of rotatable bonds is 8. The number of alkyl halides is 3. The van der Waals surface area contributed by atoms with Crippen molar-refractivity contribution < 1.29 is 17.9 Å². The number of unbranched alkanes of at least 4 members (excludes halogenated alkanes) is 4. The Morgan fingerprint density at radius 1 is 1.00 bits per heavy atom. The topological polar surface area (TPSA) is 35.2 Å². The van der Waals surface area contributed by atoms with Gasteiger partial charge in [0.05, 0.1) is 6.61 Å². The van der Waals surface area contributed by atoms with Crippen LogP contribution in [0.1, 0.15) is 50.6 Å². The lowest BCUT2D eigenvalue weighted by Crippen LogP contribution is -2.28. The molecule has 1 atom stereocenters. The van der Waals surface area contributed by atoms with Crippen LogP contribution >= 0.6 is 0 Å². The van der Waals surface area contributed by atoms with Gasteiger partial charge in [-0.3, -0.25) is 0 Å². The van der Waals surface area contributed by atoms with Crippen molar-refractivity contribution in [2.75, 3.05) is 6.61 Å². The summed E-state index contributed by atoms with van der Waals surface area (Å²) in [5, 5.41) is 1.16. The van der Waals surface area contributed by atoms with Crippen LogP contribution in [0.2, 0.25) is 0 Å². The first-order valence-corrected chi connectivity index (χ1v) is 8.42. The van der Waals surface area contributed by atoms with E-state index in [-0.39, 0.29) is 5.56 Å². The van der Waals surface area contributed by atoms with E-state index in [0.717, 1.165) is 19.3 Å². The number of hydrogen-bond donors (Lipinski definition) is 1. The van der Waals surface area contributed by atoms with Crippen LogP contribution in [0.25, 0.3) is 10.8 Å². The van der Waals surface area contributed by atoms with Crippen LogP contribution in [-0.4, -0.2) is 12.8 Å². The van der Waals surface area contributed by atoms with E-state index >= 15 is 0 Å². The number of halogens is 3. The van der Waals surface area contributed by atoms with Gasteiger partial charge in [-0.1, -0.05) is 62.9 Å². The van der Waals surface area contributed by atoms with E-state index in [1.165, 1.54) is 18.9 Å². The normalized spacial score (nSPS) is 13.2. The second-order valence-corrected chi connectivity index (χ2v) is 5.98. The van der Waals surface area contributed by atoms with Gasteiger partial charge in [-0.05, 0) is 23.4 Å². The molecule has 0 amide bonds. The van der Waals surface area contributed by atoms with Crippen LogP contribution in [0.5, 0.6) is 5.75 Å². The fourth-order valence-electron chi connectivity index (χ4n) is 2.78. The molecule has 2 nitrogen and oxygen atoms in total. The second-order valence-electron chi connectivity index (χ2n) is 5.98. The Morgan fingerprint density at radius 2 is 1.67 bits per heavy atom. The molecule has 2 rings (SSSR count). The standard InChI is InChI=1S/C19H24F3NO/c1-2-3-4-5-6-13-24-16-12-8-10-14-9-7-11-15(17(14)16)18(23)19(20,21)22/h7-12,18H,2-6,13,23H2,1H3/t18-/m0/s1. The van der Waals surface area contributed by atoms with E-state index in [1.54, 1.807) is 30.3 Å². The molecule has 0 bridgehead atoms. The zero-order valence-corrected chi connectivity index (χ0v) is 13.9. The van der Waals surface area contributed by atoms with Crippen molar-refractivity contribution in [3.63, 3.8) is 0 Å². The summed E-state index contributed by atoms with van der Waals surface area (Å²) < 4.78 is 44.9. The molecule has 2 N–H and O–H groups in total. The van der Waals surface area contributed by atoms with Crippen LogP contribution in [-0.2, 0) is 0 Å². The van der Waals surface area contributed by atoms with Crippen LogP contribution in [0.15, 0.2) is 36.4 Å². The van der Waals surface area contributed by atoms with Crippen LogP contribution < -0.4 is 10.5 Å². The highest BCUT2D eigenvalue weighted by Gasteiger charge is 2.39. The zero-order valence-electron chi connectivity index (χ0n) is 13.9. The van der Waals surface area contributed by atoms with Gasteiger partial charge in [-0.2, -0.15) is 13.2 Å². The molecule has 5 heteroatoms. The zero-order chi connectivity index (χ0) is 17.6. The minimum absolute atomic E-state index is 0.0570. The number of hydrogen-bond acceptors (Lipinski definition) is 2. The summed E-state index contributed by atoms with van der Waals surface area (Å²) in [4.78, 5) is 0. The highest BCUT2D eigenvalue weighted by Crippen LogP contribution is 2.38. The average molecular weight is 339 g/mol. The number of fused-ring (bicyclic) bond motifs is 1. The third-order valence-corrected chi connectivity index (χ3v) is 4.09. The lowest BCUT2D eigenvalue weighted by atomic mass is 9.98. The van der Waals surface area contributed by atoms with Gasteiger partial charge in [0.25, 0.3) is 0 Å². The van der Waals surface area contributed by atoms with Gasteiger partial charge in [0.15, 0.2) is 0 Å². The Bertz CT molecular complexity index is 649. The molecule has 0 aliphatic carbocycles. The first kappa shape index (κ1) is 18.6. The Morgan fingerprint density at radius 3 is 2.33 bits per heavy atom. The number of ether oxygens (including phenoxy) is 1. The second kappa shape index (κ2) is 8.38. The van der Waals surface area contributed by atoms with Crippen molar-refractivity contribution >= 4 is 10.8 Å². The molecule has 0 unspecified atom stereocenters. The van der Waals surface area contributed by atoms with Gasteiger partial charge >= 0.3 is 6.18 Å². The van der Waals surface area contributed by atoms with E-state index in [4.69, 9.17) is 10.5 Å². The summed E-state index contributed by atoms with van der Waals surface area (Å²) >= 11 is 0. The molecule has 132 valence electrons. The van der Waals surface area contributed by atoms with Crippen molar-refractivity contribution in [1.82, 2.24) is 0 Å². The fraction of sp³-hybridized carbons (Fsp3) is 0.474. The van der Waals surface area contributed by atoms with Crippen LogP contribution in [0.4, 0.5) is 13.2 Å². The van der Waals surface area contributed by atoms with E-state index in [2.05, 4.69) is 6.92 Å². The lowest BCUT2D eigenvalue weighted by Gasteiger charge is -2.19. The van der Waals surface area contributed by atoms with Crippen molar-refractivity contribution in [3.8, 4) is 5.75 Å². The molecule has 2 aromatic rings.